The summed E-state index contributed by atoms with van der Waals surface area (Å²) in [5.41, 5.74) is 0. The minimum Gasteiger partial charge on any atom is -0.497 e. The van der Waals surface area contributed by atoms with Gasteiger partial charge in [0.2, 0.25) is 0 Å². The molecular formula is C20H42O3Si. The monoisotopic (exact) mass is 358 g/mol. The third kappa shape index (κ3) is 14.9. The lowest BCUT2D eigenvalue weighted by Gasteiger charge is -2.16. The zero-order valence-electron chi connectivity index (χ0n) is 16.8. The second kappa shape index (κ2) is 18.7. The summed E-state index contributed by atoms with van der Waals surface area (Å²) >= 11 is 0. The zero-order valence-corrected chi connectivity index (χ0v) is 18.8. The molecule has 0 aliphatic heterocycles. The zero-order chi connectivity index (χ0) is 17.9. The third-order valence-electron chi connectivity index (χ3n) is 4.07. The van der Waals surface area contributed by atoms with Crippen LogP contribution in [-0.4, -0.2) is 30.1 Å². The van der Waals surface area contributed by atoms with Gasteiger partial charge >= 0.3 is 5.95 Å². The molecule has 0 spiro atoms. The molecule has 0 aliphatic rings. The van der Waals surface area contributed by atoms with E-state index in [1.165, 1.54) is 57.8 Å². The molecule has 0 rings (SSSR count). The van der Waals surface area contributed by atoms with E-state index in [1.54, 1.807) is 0 Å². The van der Waals surface area contributed by atoms with Crippen LogP contribution in [-0.2, 0) is 14.2 Å². The largest absolute Gasteiger partial charge is 0.497 e. The fourth-order valence-electron chi connectivity index (χ4n) is 2.45. The first-order valence-corrected chi connectivity index (χ1v) is 11.3. The summed E-state index contributed by atoms with van der Waals surface area (Å²) in [5.74, 6) is 0.671. The number of hydrogen-bond acceptors (Lipinski definition) is 3. The van der Waals surface area contributed by atoms with E-state index in [2.05, 4.69) is 20.8 Å². The molecule has 0 aliphatic carbocycles. The van der Waals surface area contributed by atoms with E-state index >= 15 is 0 Å². The van der Waals surface area contributed by atoms with Gasteiger partial charge in [0.25, 0.3) is 0 Å². The van der Waals surface area contributed by atoms with E-state index < -0.39 is 0 Å². The number of rotatable bonds is 18. The number of hydrogen-bond donors (Lipinski definition) is 0. The molecule has 0 atom stereocenters. The third-order valence-corrected chi connectivity index (χ3v) is 4.76. The van der Waals surface area contributed by atoms with Crippen LogP contribution in [0.2, 0.25) is 0 Å². The topological polar surface area (TPSA) is 27.7 Å². The predicted molar refractivity (Wildman–Crippen MR) is 107 cm³/mol. The maximum atomic E-state index is 5.90. The van der Waals surface area contributed by atoms with Crippen LogP contribution in [0.15, 0.2) is 11.3 Å². The predicted octanol–water partition coefficient (Wildman–Crippen LogP) is 5.27. The van der Waals surface area contributed by atoms with Crippen LogP contribution in [0, 0.1) is 0 Å². The first-order chi connectivity index (χ1) is 11.8. The summed E-state index contributed by atoms with van der Waals surface area (Å²) < 4.78 is 17.7. The van der Waals surface area contributed by atoms with Crippen molar-refractivity contribution in [3.8, 4) is 0 Å². The molecule has 0 fully saturated rings. The van der Waals surface area contributed by atoms with E-state index in [0.717, 1.165) is 54.7 Å². The Morgan fingerprint density at radius 1 is 0.542 bits per heavy atom. The molecule has 0 saturated heterocycles. The molecular weight excluding hydrogens is 316 g/mol. The average Bonchev–Trinajstić information content (AvgIpc) is 2.59. The fourth-order valence-corrected chi connectivity index (χ4v) is 2.94. The molecule has 0 amide bonds. The molecule has 3 nitrogen and oxygen atoms in total. The molecule has 0 N–H and O–H groups in total. The van der Waals surface area contributed by atoms with Crippen molar-refractivity contribution in [3.05, 3.63) is 11.3 Å². The van der Waals surface area contributed by atoms with Crippen LogP contribution in [0.1, 0.15) is 97.8 Å². The standard InChI is InChI=1S/C20H42O3Si/c1-4-7-10-13-16-21-19(22-17-14-11-8-5-2)20(24)23-18-15-12-9-6-3/h4-18H2,1-3,24H3. The van der Waals surface area contributed by atoms with Crippen LogP contribution in [0.5, 0.6) is 0 Å². The molecule has 0 aromatic heterocycles. The second-order valence-corrected chi connectivity index (χ2v) is 7.48. The van der Waals surface area contributed by atoms with Crippen molar-refractivity contribution in [2.45, 2.75) is 97.8 Å². The van der Waals surface area contributed by atoms with Gasteiger partial charge in [-0.3, -0.25) is 0 Å². The van der Waals surface area contributed by atoms with Gasteiger partial charge in [-0.1, -0.05) is 78.6 Å². The highest BCUT2D eigenvalue weighted by Crippen LogP contribution is 2.12. The Hall–Kier alpha value is -0.643. The first-order valence-electron chi connectivity index (χ1n) is 10.3. The molecule has 0 aromatic rings. The minimum atomic E-state index is 0.671. The summed E-state index contributed by atoms with van der Waals surface area (Å²) in [7, 11) is 0.839. The maximum Gasteiger partial charge on any atom is 0.312 e. The molecule has 0 radical (unpaired) electrons. The molecule has 0 bridgehead atoms. The summed E-state index contributed by atoms with van der Waals surface area (Å²) in [5, 5.41) is 0.942. The molecule has 0 aromatic carbocycles. The summed E-state index contributed by atoms with van der Waals surface area (Å²) in [6.45, 7) is 8.97. The van der Waals surface area contributed by atoms with Gasteiger partial charge in [0.05, 0.1) is 30.1 Å². The highest BCUT2D eigenvalue weighted by Gasteiger charge is 2.07. The molecule has 24 heavy (non-hydrogen) atoms. The van der Waals surface area contributed by atoms with Crippen LogP contribution in [0.3, 0.4) is 0 Å². The lowest BCUT2D eigenvalue weighted by Crippen LogP contribution is -2.08. The summed E-state index contributed by atoms with van der Waals surface area (Å²) in [6, 6.07) is 0. The quantitative estimate of drug-likeness (QED) is 0.190. The van der Waals surface area contributed by atoms with E-state index in [-0.39, 0.29) is 0 Å². The Labute approximate surface area is 153 Å². The number of unbranched alkanes of at least 4 members (excludes halogenated alkanes) is 9. The van der Waals surface area contributed by atoms with E-state index in [4.69, 9.17) is 14.2 Å². The van der Waals surface area contributed by atoms with Crippen LogP contribution >= 0.6 is 0 Å². The van der Waals surface area contributed by atoms with Crippen molar-refractivity contribution in [1.29, 1.82) is 0 Å². The van der Waals surface area contributed by atoms with E-state index in [1.807, 2.05) is 0 Å². The normalized spacial score (nSPS) is 10.6. The average molecular weight is 359 g/mol. The van der Waals surface area contributed by atoms with Gasteiger partial charge in [0, 0.05) is 0 Å². The van der Waals surface area contributed by atoms with E-state index in [9.17, 15) is 0 Å². The van der Waals surface area contributed by atoms with Gasteiger partial charge in [-0.25, -0.2) is 0 Å². The Bertz CT molecular complexity index is 277. The van der Waals surface area contributed by atoms with Crippen LogP contribution < -0.4 is 0 Å². The van der Waals surface area contributed by atoms with Gasteiger partial charge in [0.15, 0.2) is 0 Å². The summed E-state index contributed by atoms with van der Waals surface area (Å²) in [4.78, 5) is 0. The van der Waals surface area contributed by atoms with Gasteiger partial charge in [0.1, 0.15) is 5.38 Å². The van der Waals surface area contributed by atoms with E-state index in [0.29, 0.717) is 5.95 Å². The van der Waals surface area contributed by atoms with Crippen LogP contribution in [0.25, 0.3) is 0 Å². The Morgan fingerprint density at radius 2 is 0.917 bits per heavy atom. The lowest BCUT2D eigenvalue weighted by molar-refractivity contribution is 0.0151. The second-order valence-electron chi connectivity index (χ2n) is 6.57. The van der Waals surface area contributed by atoms with Crippen molar-refractivity contribution in [2.24, 2.45) is 0 Å². The van der Waals surface area contributed by atoms with Gasteiger partial charge in [-0.05, 0) is 19.3 Å². The van der Waals surface area contributed by atoms with Crippen LogP contribution in [0.4, 0.5) is 0 Å². The van der Waals surface area contributed by atoms with Gasteiger partial charge in [-0.2, -0.15) is 0 Å². The molecule has 144 valence electrons. The fraction of sp³-hybridized carbons (Fsp3) is 0.900. The van der Waals surface area contributed by atoms with Crippen molar-refractivity contribution < 1.29 is 14.2 Å². The molecule has 0 unspecified atom stereocenters. The maximum absolute atomic E-state index is 5.90. The van der Waals surface area contributed by atoms with Crippen molar-refractivity contribution in [2.75, 3.05) is 19.8 Å². The molecule has 0 saturated carbocycles. The SMILES string of the molecule is CCCCCCOC([SiH3])=C(OCCCCCC)OCCCCCC. The van der Waals surface area contributed by atoms with Gasteiger partial charge in [-0.15, -0.1) is 0 Å². The van der Waals surface area contributed by atoms with Crippen molar-refractivity contribution in [3.63, 3.8) is 0 Å². The Morgan fingerprint density at radius 3 is 1.29 bits per heavy atom. The molecule has 0 heterocycles. The molecule has 4 heteroatoms. The first kappa shape index (κ1) is 23.4. The smallest absolute Gasteiger partial charge is 0.312 e. The van der Waals surface area contributed by atoms with Crippen molar-refractivity contribution in [1.82, 2.24) is 0 Å². The summed E-state index contributed by atoms with van der Waals surface area (Å²) in [6.07, 6.45) is 14.6. The Kier molecular flexibility index (Phi) is 18.2. The van der Waals surface area contributed by atoms with Crippen molar-refractivity contribution >= 4 is 10.2 Å². The Balaban J connectivity index is 4.16. The highest BCUT2D eigenvalue weighted by atomic mass is 28.1. The lowest BCUT2D eigenvalue weighted by atomic mass is 10.2. The highest BCUT2D eigenvalue weighted by molar-refractivity contribution is 6.20. The van der Waals surface area contributed by atoms with Gasteiger partial charge < -0.3 is 14.2 Å². The number of ether oxygens (including phenoxy) is 3. The minimum absolute atomic E-state index is 0.671.